The third-order valence-corrected chi connectivity index (χ3v) is 3.60. The van der Waals surface area contributed by atoms with E-state index in [1.807, 2.05) is 25.1 Å². The molecule has 2 rings (SSSR count). The number of ether oxygens (including phenoxy) is 1. The van der Waals surface area contributed by atoms with Gasteiger partial charge in [0.05, 0.1) is 0 Å². The van der Waals surface area contributed by atoms with E-state index in [4.69, 9.17) is 4.74 Å². The largest absolute Gasteiger partial charge is 0.365 e. The molecule has 0 aliphatic carbocycles. The number of anilines is 1. The molecule has 1 aromatic rings. The van der Waals surface area contributed by atoms with Crippen molar-refractivity contribution in [2.75, 3.05) is 11.9 Å². The summed E-state index contributed by atoms with van der Waals surface area (Å²) in [5.41, 5.74) is 1.32. The van der Waals surface area contributed by atoms with Gasteiger partial charge in [0.1, 0.15) is 5.60 Å². The van der Waals surface area contributed by atoms with Gasteiger partial charge in [-0.05, 0) is 37.5 Å². The molecule has 1 fully saturated rings. The van der Waals surface area contributed by atoms with Gasteiger partial charge in [-0.3, -0.25) is 4.79 Å². The lowest BCUT2D eigenvalue weighted by Gasteiger charge is -2.22. The van der Waals surface area contributed by atoms with Gasteiger partial charge in [0.15, 0.2) is 0 Å². The van der Waals surface area contributed by atoms with Crippen molar-refractivity contribution in [1.82, 2.24) is 5.32 Å². The molecule has 20 heavy (non-hydrogen) atoms. The molecule has 1 heterocycles. The lowest BCUT2D eigenvalue weighted by Crippen LogP contribution is -2.39. The molecule has 2 N–H and O–H groups in total. The SMILES string of the molecule is CC(C)NCc1cccc(NC(=O)C2(C)CCCO2)c1. The van der Waals surface area contributed by atoms with Crippen LogP contribution in [-0.2, 0) is 16.1 Å². The highest BCUT2D eigenvalue weighted by Crippen LogP contribution is 2.26. The molecule has 1 aliphatic rings. The number of carbonyl (C=O) groups excluding carboxylic acids is 1. The predicted octanol–water partition coefficient (Wildman–Crippen LogP) is 2.69. The Kier molecular flexibility index (Phi) is 4.78. The number of carbonyl (C=O) groups is 1. The highest BCUT2D eigenvalue weighted by molar-refractivity contribution is 5.97. The van der Waals surface area contributed by atoms with Gasteiger partial charge in [0.25, 0.3) is 5.91 Å². The highest BCUT2D eigenvalue weighted by atomic mass is 16.5. The molecule has 1 saturated heterocycles. The van der Waals surface area contributed by atoms with Crippen LogP contribution in [-0.4, -0.2) is 24.2 Å². The monoisotopic (exact) mass is 276 g/mol. The summed E-state index contributed by atoms with van der Waals surface area (Å²) < 4.78 is 5.56. The Bertz CT molecular complexity index is 465. The second kappa shape index (κ2) is 6.37. The van der Waals surface area contributed by atoms with Crippen LogP contribution in [0.5, 0.6) is 0 Å². The predicted molar refractivity (Wildman–Crippen MR) is 80.6 cm³/mol. The van der Waals surface area contributed by atoms with E-state index in [1.54, 1.807) is 0 Å². The average molecular weight is 276 g/mol. The topological polar surface area (TPSA) is 50.4 Å². The fourth-order valence-electron chi connectivity index (χ4n) is 2.30. The number of benzene rings is 1. The average Bonchev–Trinajstić information content (AvgIpc) is 2.85. The normalized spacial score (nSPS) is 22.2. The summed E-state index contributed by atoms with van der Waals surface area (Å²) in [6.07, 6.45) is 1.73. The Morgan fingerprint density at radius 2 is 2.25 bits per heavy atom. The zero-order chi connectivity index (χ0) is 14.6. The van der Waals surface area contributed by atoms with Gasteiger partial charge in [-0.1, -0.05) is 26.0 Å². The van der Waals surface area contributed by atoms with Crippen molar-refractivity contribution >= 4 is 11.6 Å². The van der Waals surface area contributed by atoms with Crippen LogP contribution in [0.3, 0.4) is 0 Å². The van der Waals surface area contributed by atoms with Crippen molar-refractivity contribution in [3.8, 4) is 0 Å². The van der Waals surface area contributed by atoms with Crippen LogP contribution in [0.15, 0.2) is 24.3 Å². The number of nitrogens with one attached hydrogen (secondary N) is 2. The molecule has 110 valence electrons. The Morgan fingerprint density at radius 1 is 1.45 bits per heavy atom. The Hall–Kier alpha value is -1.39. The second-order valence-corrected chi connectivity index (χ2v) is 5.87. The van der Waals surface area contributed by atoms with Crippen molar-refractivity contribution in [2.45, 2.75) is 51.8 Å². The van der Waals surface area contributed by atoms with E-state index < -0.39 is 5.60 Å². The van der Waals surface area contributed by atoms with E-state index >= 15 is 0 Å². The van der Waals surface area contributed by atoms with Crippen molar-refractivity contribution < 1.29 is 9.53 Å². The fraction of sp³-hybridized carbons (Fsp3) is 0.562. The first-order valence-corrected chi connectivity index (χ1v) is 7.27. The first-order valence-electron chi connectivity index (χ1n) is 7.27. The first-order chi connectivity index (χ1) is 9.49. The fourth-order valence-corrected chi connectivity index (χ4v) is 2.30. The van der Waals surface area contributed by atoms with E-state index in [0.717, 1.165) is 30.6 Å². The minimum absolute atomic E-state index is 0.0519. The van der Waals surface area contributed by atoms with E-state index in [2.05, 4.69) is 30.5 Å². The van der Waals surface area contributed by atoms with Crippen molar-refractivity contribution in [2.24, 2.45) is 0 Å². The minimum atomic E-state index is -0.674. The molecule has 1 aromatic carbocycles. The molecule has 0 radical (unpaired) electrons. The number of hydrogen-bond acceptors (Lipinski definition) is 3. The zero-order valence-corrected chi connectivity index (χ0v) is 12.5. The number of hydrogen-bond donors (Lipinski definition) is 2. The van der Waals surface area contributed by atoms with Gasteiger partial charge >= 0.3 is 0 Å². The van der Waals surface area contributed by atoms with E-state index in [1.165, 1.54) is 0 Å². The van der Waals surface area contributed by atoms with Gasteiger partial charge < -0.3 is 15.4 Å². The Labute approximate surface area is 120 Å². The van der Waals surface area contributed by atoms with Gasteiger partial charge in [-0.2, -0.15) is 0 Å². The summed E-state index contributed by atoms with van der Waals surface area (Å²) in [5, 5.41) is 6.33. The van der Waals surface area contributed by atoms with E-state index in [0.29, 0.717) is 12.6 Å². The molecule has 1 aliphatic heterocycles. The third-order valence-electron chi connectivity index (χ3n) is 3.60. The van der Waals surface area contributed by atoms with Crippen LogP contribution < -0.4 is 10.6 Å². The Morgan fingerprint density at radius 3 is 2.90 bits per heavy atom. The quantitative estimate of drug-likeness (QED) is 0.869. The molecule has 4 nitrogen and oxygen atoms in total. The standard InChI is InChI=1S/C16H24N2O2/c1-12(2)17-11-13-6-4-7-14(10-13)18-15(19)16(3)8-5-9-20-16/h4,6-7,10,12,17H,5,8-9,11H2,1-3H3,(H,18,19). The summed E-state index contributed by atoms with van der Waals surface area (Å²) in [5.74, 6) is -0.0519. The third kappa shape index (κ3) is 3.81. The van der Waals surface area contributed by atoms with Crippen LogP contribution in [0.4, 0.5) is 5.69 Å². The van der Waals surface area contributed by atoms with Crippen LogP contribution in [0.2, 0.25) is 0 Å². The number of rotatable bonds is 5. The smallest absolute Gasteiger partial charge is 0.256 e. The van der Waals surface area contributed by atoms with Gasteiger partial charge in [-0.25, -0.2) is 0 Å². The maximum absolute atomic E-state index is 12.3. The lowest BCUT2D eigenvalue weighted by atomic mass is 10.0. The molecular formula is C16H24N2O2. The van der Waals surface area contributed by atoms with Crippen molar-refractivity contribution in [1.29, 1.82) is 0 Å². The molecule has 0 spiro atoms. The van der Waals surface area contributed by atoms with E-state index in [9.17, 15) is 4.79 Å². The summed E-state index contributed by atoms with van der Waals surface area (Å²) in [7, 11) is 0. The van der Waals surface area contributed by atoms with Gasteiger partial charge in [-0.15, -0.1) is 0 Å². The molecule has 0 aromatic heterocycles. The minimum Gasteiger partial charge on any atom is -0.365 e. The van der Waals surface area contributed by atoms with Gasteiger partial charge in [0, 0.05) is 24.9 Å². The molecule has 0 bridgehead atoms. The van der Waals surface area contributed by atoms with Crippen molar-refractivity contribution in [3.63, 3.8) is 0 Å². The summed E-state index contributed by atoms with van der Waals surface area (Å²) in [4.78, 5) is 12.3. The van der Waals surface area contributed by atoms with Gasteiger partial charge in [0.2, 0.25) is 0 Å². The highest BCUT2D eigenvalue weighted by Gasteiger charge is 2.37. The molecule has 1 amide bonds. The maximum atomic E-state index is 12.3. The molecule has 1 unspecified atom stereocenters. The molecular weight excluding hydrogens is 252 g/mol. The summed E-state index contributed by atoms with van der Waals surface area (Å²) in [6, 6.07) is 8.38. The summed E-state index contributed by atoms with van der Waals surface area (Å²) >= 11 is 0. The summed E-state index contributed by atoms with van der Waals surface area (Å²) in [6.45, 7) is 7.56. The Balaban J connectivity index is 1.98. The number of amides is 1. The van der Waals surface area contributed by atoms with E-state index in [-0.39, 0.29) is 5.91 Å². The molecule has 4 heteroatoms. The second-order valence-electron chi connectivity index (χ2n) is 5.87. The van der Waals surface area contributed by atoms with Crippen LogP contribution in [0.25, 0.3) is 0 Å². The molecule has 0 saturated carbocycles. The van der Waals surface area contributed by atoms with Crippen LogP contribution in [0, 0.1) is 0 Å². The lowest BCUT2D eigenvalue weighted by molar-refractivity contribution is -0.133. The molecule has 1 atom stereocenters. The maximum Gasteiger partial charge on any atom is 0.256 e. The zero-order valence-electron chi connectivity index (χ0n) is 12.5. The van der Waals surface area contributed by atoms with Crippen LogP contribution in [0.1, 0.15) is 39.2 Å². The van der Waals surface area contributed by atoms with Crippen LogP contribution >= 0.6 is 0 Å². The first kappa shape index (κ1) is 15.0. The van der Waals surface area contributed by atoms with Crippen molar-refractivity contribution in [3.05, 3.63) is 29.8 Å².